The smallest absolute Gasteiger partial charge is 0.166 e. The van der Waals surface area contributed by atoms with Gasteiger partial charge in [-0.2, -0.15) is 0 Å². The average molecular weight is 351 g/mol. The highest BCUT2D eigenvalue weighted by atomic mass is 32.1. The van der Waals surface area contributed by atoms with E-state index in [1.807, 2.05) is 0 Å². The molecule has 0 radical (unpaired) electrons. The maximum absolute atomic E-state index is 5.79. The van der Waals surface area contributed by atoms with Crippen molar-refractivity contribution in [2.45, 2.75) is 98.1 Å². The fraction of sp³-hybridized carbons (Fsp3) is 0.952. The molecular formula is C21H38N2S. The van der Waals surface area contributed by atoms with Gasteiger partial charge in [-0.1, -0.05) is 53.9 Å². The number of thiocarbonyl (C=S) groups is 1. The molecule has 3 fully saturated rings. The summed E-state index contributed by atoms with van der Waals surface area (Å²) in [5.74, 6) is 2.44. The van der Waals surface area contributed by atoms with Crippen LogP contribution in [0.15, 0.2) is 0 Å². The van der Waals surface area contributed by atoms with E-state index in [0.717, 1.165) is 22.9 Å². The molecule has 3 aliphatic rings. The summed E-state index contributed by atoms with van der Waals surface area (Å²) in [6.45, 7) is 12.1. The Hall–Kier alpha value is -0.310. The Kier molecular flexibility index (Phi) is 5.22. The molecule has 138 valence electrons. The fourth-order valence-electron chi connectivity index (χ4n) is 6.31. The summed E-state index contributed by atoms with van der Waals surface area (Å²) >= 11 is 5.79. The van der Waals surface area contributed by atoms with Crippen LogP contribution in [0, 0.1) is 28.6 Å². The van der Waals surface area contributed by atoms with Crippen molar-refractivity contribution < 1.29 is 0 Å². The summed E-state index contributed by atoms with van der Waals surface area (Å²) < 4.78 is 0. The molecule has 24 heavy (non-hydrogen) atoms. The molecule has 5 atom stereocenters. The third-order valence-corrected chi connectivity index (χ3v) is 8.85. The molecule has 2 nitrogen and oxygen atoms in total. The molecule has 0 heterocycles. The number of rotatable bonds is 4. The van der Waals surface area contributed by atoms with E-state index in [4.69, 9.17) is 12.2 Å². The highest BCUT2D eigenvalue weighted by Gasteiger charge is 2.61. The van der Waals surface area contributed by atoms with E-state index >= 15 is 0 Å². The van der Waals surface area contributed by atoms with Gasteiger partial charge in [-0.25, -0.2) is 0 Å². The summed E-state index contributed by atoms with van der Waals surface area (Å²) in [6, 6.07) is 1.13. The third kappa shape index (κ3) is 2.89. The fourth-order valence-corrected chi connectivity index (χ4v) is 6.59. The Morgan fingerprint density at radius 2 is 1.62 bits per heavy atom. The lowest BCUT2D eigenvalue weighted by atomic mass is 9.69. The lowest BCUT2D eigenvalue weighted by Crippen LogP contribution is -2.55. The second kappa shape index (κ2) is 6.78. The van der Waals surface area contributed by atoms with Crippen molar-refractivity contribution in [3.05, 3.63) is 0 Å². The maximum atomic E-state index is 5.79. The Bertz CT molecular complexity index is 456. The van der Waals surface area contributed by atoms with Crippen LogP contribution in [-0.4, -0.2) is 17.2 Å². The van der Waals surface area contributed by atoms with E-state index in [-0.39, 0.29) is 0 Å². The molecule has 0 aromatic heterocycles. The molecule has 0 aliphatic heterocycles. The number of fused-ring (bicyclic) bond motifs is 2. The van der Waals surface area contributed by atoms with E-state index in [1.165, 1.54) is 51.4 Å². The number of hydrogen-bond donors (Lipinski definition) is 2. The monoisotopic (exact) mass is 350 g/mol. The van der Waals surface area contributed by atoms with Gasteiger partial charge in [-0.15, -0.1) is 0 Å². The van der Waals surface area contributed by atoms with Crippen LogP contribution in [-0.2, 0) is 0 Å². The summed E-state index contributed by atoms with van der Waals surface area (Å²) in [5.41, 5.74) is 0.841. The third-order valence-electron chi connectivity index (χ3n) is 8.61. The summed E-state index contributed by atoms with van der Waals surface area (Å²) in [5, 5.41) is 8.46. The number of hydrogen-bond acceptors (Lipinski definition) is 1. The van der Waals surface area contributed by atoms with Crippen LogP contribution in [0.4, 0.5) is 0 Å². The Balaban J connectivity index is 1.63. The topological polar surface area (TPSA) is 24.1 Å². The van der Waals surface area contributed by atoms with Crippen LogP contribution in [0.1, 0.15) is 86.0 Å². The maximum Gasteiger partial charge on any atom is 0.166 e. The lowest BCUT2D eigenvalue weighted by molar-refractivity contribution is 0.128. The second-order valence-electron chi connectivity index (χ2n) is 9.57. The zero-order valence-corrected chi connectivity index (χ0v) is 17.3. The summed E-state index contributed by atoms with van der Waals surface area (Å²) in [7, 11) is 0. The molecule has 0 amide bonds. The summed E-state index contributed by atoms with van der Waals surface area (Å²) in [6.07, 6.45) is 10.7. The van der Waals surface area contributed by atoms with Gasteiger partial charge in [0.2, 0.25) is 0 Å². The molecule has 3 saturated carbocycles. The van der Waals surface area contributed by atoms with Gasteiger partial charge in [-0.3, -0.25) is 0 Å². The SMILES string of the molecule is CCC1CCCC(CC)C1NC(=S)NC1CC2CCC1(C)C2(C)C. The van der Waals surface area contributed by atoms with E-state index in [1.54, 1.807) is 0 Å². The largest absolute Gasteiger partial charge is 0.359 e. The molecule has 2 bridgehead atoms. The van der Waals surface area contributed by atoms with Gasteiger partial charge in [-0.05, 0) is 72.9 Å². The van der Waals surface area contributed by atoms with Gasteiger partial charge in [0, 0.05) is 12.1 Å². The molecule has 3 rings (SSSR count). The molecular weight excluding hydrogens is 312 g/mol. The zero-order valence-electron chi connectivity index (χ0n) is 16.5. The Morgan fingerprint density at radius 3 is 2.08 bits per heavy atom. The first-order chi connectivity index (χ1) is 11.3. The van der Waals surface area contributed by atoms with Gasteiger partial charge in [0.15, 0.2) is 5.11 Å². The zero-order chi connectivity index (χ0) is 17.5. The van der Waals surface area contributed by atoms with Gasteiger partial charge in [0.05, 0.1) is 0 Å². The average Bonchev–Trinajstić information content (AvgIpc) is 2.88. The van der Waals surface area contributed by atoms with Crippen LogP contribution >= 0.6 is 12.2 Å². The van der Waals surface area contributed by atoms with Crippen molar-refractivity contribution in [1.29, 1.82) is 0 Å². The minimum absolute atomic E-state index is 0.393. The molecule has 0 spiro atoms. The molecule has 0 saturated heterocycles. The molecule has 2 N–H and O–H groups in total. The Morgan fingerprint density at radius 1 is 1.00 bits per heavy atom. The van der Waals surface area contributed by atoms with Gasteiger partial charge in [0.25, 0.3) is 0 Å². The van der Waals surface area contributed by atoms with Crippen LogP contribution < -0.4 is 10.6 Å². The van der Waals surface area contributed by atoms with Crippen molar-refractivity contribution in [2.75, 3.05) is 0 Å². The highest BCUT2D eigenvalue weighted by molar-refractivity contribution is 7.80. The molecule has 3 aliphatic carbocycles. The van der Waals surface area contributed by atoms with Gasteiger partial charge >= 0.3 is 0 Å². The lowest BCUT2D eigenvalue weighted by Gasteiger charge is -2.42. The molecule has 3 heteroatoms. The minimum Gasteiger partial charge on any atom is -0.359 e. The predicted octanol–water partition coefficient (Wildman–Crippen LogP) is 5.27. The van der Waals surface area contributed by atoms with E-state index in [0.29, 0.717) is 22.9 Å². The molecule has 0 aromatic carbocycles. The minimum atomic E-state index is 0.393. The number of nitrogens with one attached hydrogen (secondary N) is 2. The quantitative estimate of drug-likeness (QED) is 0.675. The van der Waals surface area contributed by atoms with E-state index < -0.39 is 0 Å². The van der Waals surface area contributed by atoms with Crippen LogP contribution in [0.3, 0.4) is 0 Å². The van der Waals surface area contributed by atoms with Crippen molar-refractivity contribution in [3.63, 3.8) is 0 Å². The second-order valence-corrected chi connectivity index (χ2v) is 9.98. The predicted molar refractivity (Wildman–Crippen MR) is 107 cm³/mol. The van der Waals surface area contributed by atoms with Gasteiger partial charge in [0.1, 0.15) is 0 Å². The van der Waals surface area contributed by atoms with Crippen LogP contribution in [0.25, 0.3) is 0 Å². The normalized spacial score (nSPS) is 43.6. The molecule has 0 aromatic rings. The summed E-state index contributed by atoms with van der Waals surface area (Å²) in [4.78, 5) is 0. The van der Waals surface area contributed by atoms with E-state index in [9.17, 15) is 0 Å². The first-order valence-corrected chi connectivity index (χ1v) is 10.8. The standard InChI is InChI=1S/C21H38N2S/c1-6-14-9-8-10-15(7-2)18(14)23-19(24)22-17-13-16-11-12-21(17,5)20(16,3)4/h14-18H,6-13H2,1-5H3,(H2,22,23,24). The van der Waals surface area contributed by atoms with Crippen molar-refractivity contribution >= 4 is 17.3 Å². The van der Waals surface area contributed by atoms with Crippen molar-refractivity contribution in [3.8, 4) is 0 Å². The van der Waals surface area contributed by atoms with Crippen LogP contribution in [0.2, 0.25) is 0 Å². The Labute approximate surface area is 154 Å². The highest BCUT2D eigenvalue weighted by Crippen LogP contribution is 2.65. The first-order valence-electron chi connectivity index (χ1n) is 10.4. The van der Waals surface area contributed by atoms with Crippen molar-refractivity contribution in [2.24, 2.45) is 28.6 Å². The van der Waals surface area contributed by atoms with Crippen molar-refractivity contribution in [1.82, 2.24) is 10.6 Å². The first kappa shape index (κ1) is 18.5. The van der Waals surface area contributed by atoms with Crippen LogP contribution in [0.5, 0.6) is 0 Å². The van der Waals surface area contributed by atoms with E-state index in [2.05, 4.69) is 45.3 Å². The van der Waals surface area contributed by atoms with Gasteiger partial charge < -0.3 is 10.6 Å². The molecule has 5 unspecified atom stereocenters.